The molecule has 3 aromatic rings. The van der Waals surface area contributed by atoms with E-state index in [2.05, 4.69) is 21.4 Å². The number of carbonyl (C=O) groups is 3. The van der Waals surface area contributed by atoms with E-state index in [1.54, 1.807) is 13.1 Å². The number of aryl methyl sites for hydroxylation is 1. The summed E-state index contributed by atoms with van der Waals surface area (Å²) >= 11 is 0. The number of nitriles is 1. The van der Waals surface area contributed by atoms with Gasteiger partial charge in [-0.25, -0.2) is 4.98 Å². The van der Waals surface area contributed by atoms with Crippen LogP contribution < -0.4 is 5.32 Å². The van der Waals surface area contributed by atoms with Crippen molar-refractivity contribution in [1.29, 1.82) is 5.26 Å². The molecule has 2 aromatic heterocycles. The van der Waals surface area contributed by atoms with E-state index in [9.17, 15) is 19.6 Å². The molecule has 5 rings (SSSR count). The van der Waals surface area contributed by atoms with Crippen LogP contribution in [-0.2, 0) is 15.0 Å². The number of likely N-dealkylation sites (tertiary alicyclic amines) is 1. The average Bonchev–Trinajstić information content (AvgIpc) is 3.55. The Balaban J connectivity index is 1.46. The van der Waals surface area contributed by atoms with Crippen LogP contribution in [0.1, 0.15) is 48.4 Å². The number of rotatable bonds is 5. The van der Waals surface area contributed by atoms with Crippen molar-refractivity contribution in [2.45, 2.75) is 51.1 Å². The Bertz CT molecular complexity index is 1450. The van der Waals surface area contributed by atoms with E-state index in [0.29, 0.717) is 23.4 Å². The van der Waals surface area contributed by atoms with Crippen molar-refractivity contribution in [2.24, 2.45) is 5.92 Å². The molecule has 4 heterocycles. The van der Waals surface area contributed by atoms with Gasteiger partial charge in [0.05, 0.1) is 11.5 Å². The number of likely N-dealkylation sites (N-methyl/N-ethyl adjacent to an activating group) is 1. The normalized spacial score (nSPS) is 21.2. The van der Waals surface area contributed by atoms with Gasteiger partial charge in [-0.05, 0) is 49.1 Å². The fourth-order valence-electron chi connectivity index (χ4n) is 5.60. The van der Waals surface area contributed by atoms with Crippen LogP contribution in [-0.4, -0.2) is 63.2 Å². The van der Waals surface area contributed by atoms with Crippen LogP contribution in [0.15, 0.2) is 42.5 Å². The zero-order valence-electron chi connectivity index (χ0n) is 21.4. The van der Waals surface area contributed by atoms with Gasteiger partial charge in [0.1, 0.15) is 23.4 Å². The number of para-hydroxylation sites is 1. The van der Waals surface area contributed by atoms with E-state index in [-0.39, 0.29) is 36.6 Å². The molecule has 0 bridgehead atoms. The lowest BCUT2D eigenvalue weighted by molar-refractivity contribution is -0.136. The maximum absolute atomic E-state index is 14.0. The van der Waals surface area contributed by atoms with Crippen molar-refractivity contribution in [1.82, 2.24) is 19.8 Å². The monoisotopic (exact) mass is 498 g/mol. The van der Waals surface area contributed by atoms with Gasteiger partial charge in [0.15, 0.2) is 0 Å². The first kappa shape index (κ1) is 24.5. The molecule has 1 saturated heterocycles. The summed E-state index contributed by atoms with van der Waals surface area (Å²) < 4.78 is 0. The largest absolute Gasteiger partial charge is 0.335 e. The first-order chi connectivity index (χ1) is 17.6. The minimum atomic E-state index is -0.974. The summed E-state index contributed by atoms with van der Waals surface area (Å²) in [5, 5.41) is 13.7. The number of pyridine rings is 1. The summed E-state index contributed by atoms with van der Waals surface area (Å²) in [4.78, 5) is 51.2. The van der Waals surface area contributed by atoms with Gasteiger partial charge in [0.25, 0.3) is 5.91 Å². The highest BCUT2D eigenvalue weighted by atomic mass is 16.2. The predicted octanol–water partition coefficient (Wildman–Crippen LogP) is 3.37. The minimum absolute atomic E-state index is 0.0963. The number of benzene rings is 1. The van der Waals surface area contributed by atoms with Crippen LogP contribution in [0.4, 0.5) is 5.69 Å². The molecule has 3 amide bonds. The summed E-state index contributed by atoms with van der Waals surface area (Å²) in [6.45, 7) is 5.95. The van der Waals surface area contributed by atoms with Crippen molar-refractivity contribution < 1.29 is 14.4 Å². The minimum Gasteiger partial charge on any atom is -0.335 e. The molecule has 2 aliphatic heterocycles. The first-order valence-electron chi connectivity index (χ1n) is 12.5. The molecular formula is C28H30N6O3. The van der Waals surface area contributed by atoms with Crippen LogP contribution in [0.2, 0.25) is 0 Å². The van der Waals surface area contributed by atoms with E-state index < -0.39 is 17.5 Å². The number of aromatic amines is 1. The van der Waals surface area contributed by atoms with E-state index in [0.717, 1.165) is 16.6 Å². The predicted molar refractivity (Wildman–Crippen MR) is 139 cm³/mol. The molecule has 0 radical (unpaired) electrons. The smallest absolute Gasteiger partial charge is 0.270 e. The number of hydrogen-bond acceptors (Lipinski definition) is 5. The quantitative estimate of drug-likeness (QED) is 0.559. The summed E-state index contributed by atoms with van der Waals surface area (Å²) in [7, 11) is 1.61. The number of nitrogens with one attached hydrogen (secondary N) is 2. The van der Waals surface area contributed by atoms with Gasteiger partial charge in [-0.2, -0.15) is 5.26 Å². The molecule has 9 nitrogen and oxygen atoms in total. The molecular weight excluding hydrogens is 468 g/mol. The molecule has 2 aliphatic rings. The summed E-state index contributed by atoms with van der Waals surface area (Å²) in [5.74, 6) is -0.741. The highest BCUT2D eigenvalue weighted by Gasteiger charge is 2.56. The third kappa shape index (κ3) is 4.02. The van der Waals surface area contributed by atoms with E-state index in [4.69, 9.17) is 0 Å². The summed E-state index contributed by atoms with van der Waals surface area (Å²) in [5.41, 5.74) is 2.33. The number of amides is 3. The Hall–Kier alpha value is -4.19. The second-order valence-electron chi connectivity index (χ2n) is 10.5. The highest BCUT2D eigenvalue weighted by Crippen LogP contribution is 2.46. The molecule has 1 fully saturated rings. The lowest BCUT2D eigenvalue weighted by atomic mass is 9.80. The van der Waals surface area contributed by atoms with Crippen LogP contribution >= 0.6 is 0 Å². The van der Waals surface area contributed by atoms with E-state index in [1.807, 2.05) is 57.2 Å². The molecule has 1 aromatic carbocycles. The molecule has 0 saturated carbocycles. The SMILES string of the molecule is Cc1ccc2cc(C(=O)N(C)[C@@H](CC(C)C)C(=O)N3C[C@]4(C[C@H]3C#N)C(=O)Nc3ccccc34)[nH]c2n1. The number of carbonyl (C=O) groups excluding carboxylic acids is 3. The van der Waals surface area contributed by atoms with Crippen molar-refractivity contribution >= 4 is 34.4 Å². The first-order valence-corrected chi connectivity index (χ1v) is 12.5. The van der Waals surface area contributed by atoms with Gasteiger partial charge in [0.2, 0.25) is 11.8 Å². The van der Waals surface area contributed by atoms with Gasteiger partial charge in [-0.1, -0.05) is 32.0 Å². The van der Waals surface area contributed by atoms with Crippen molar-refractivity contribution in [3.8, 4) is 6.07 Å². The number of anilines is 1. The molecule has 3 atom stereocenters. The third-order valence-corrected chi connectivity index (χ3v) is 7.53. The fourth-order valence-corrected chi connectivity index (χ4v) is 5.60. The number of fused-ring (bicyclic) bond motifs is 3. The summed E-state index contributed by atoms with van der Waals surface area (Å²) in [6, 6.07) is 13.6. The number of hydrogen-bond donors (Lipinski definition) is 2. The molecule has 1 spiro atoms. The maximum atomic E-state index is 14.0. The van der Waals surface area contributed by atoms with Crippen LogP contribution in [0.3, 0.4) is 0 Å². The van der Waals surface area contributed by atoms with Gasteiger partial charge >= 0.3 is 0 Å². The molecule has 9 heteroatoms. The Labute approximate surface area is 215 Å². The van der Waals surface area contributed by atoms with E-state index in [1.165, 1.54) is 9.80 Å². The highest BCUT2D eigenvalue weighted by molar-refractivity contribution is 6.07. The molecule has 190 valence electrons. The lowest BCUT2D eigenvalue weighted by Gasteiger charge is -2.33. The van der Waals surface area contributed by atoms with E-state index >= 15 is 0 Å². The van der Waals surface area contributed by atoms with Crippen LogP contribution in [0.25, 0.3) is 11.0 Å². The Morgan fingerprint density at radius 2 is 2.03 bits per heavy atom. The molecule has 0 unspecified atom stereocenters. The number of nitrogens with zero attached hydrogens (tertiary/aromatic N) is 4. The molecule has 2 N–H and O–H groups in total. The number of aromatic nitrogens is 2. The fraction of sp³-hybridized carbons (Fsp3) is 0.393. The van der Waals surface area contributed by atoms with Crippen LogP contribution in [0, 0.1) is 24.2 Å². The van der Waals surface area contributed by atoms with Gasteiger partial charge in [-0.15, -0.1) is 0 Å². The summed E-state index contributed by atoms with van der Waals surface area (Å²) in [6.07, 6.45) is 0.639. The van der Waals surface area contributed by atoms with Crippen molar-refractivity contribution in [2.75, 3.05) is 18.9 Å². The zero-order valence-corrected chi connectivity index (χ0v) is 21.4. The number of H-pyrrole nitrogens is 1. The second kappa shape index (κ2) is 9.04. The lowest BCUT2D eigenvalue weighted by Crippen LogP contribution is -2.52. The van der Waals surface area contributed by atoms with Crippen molar-refractivity contribution in [3.63, 3.8) is 0 Å². The topological polar surface area (TPSA) is 122 Å². The Kier molecular flexibility index (Phi) is 5.98. The van der Waals surface area contributed by atoms with Crippen LogP contribution in [0.5, 0.6) is 0 Å². The van der Waals surface area contributed by atoms with Gasteiger partial charge < -0.3 is 20.1 Å². The third-order valence-electron chi connectivity index (χ3n) is 7.53. The van der Waals surface area contributed by atoms with Gasteiger partial charge in [-0.3, -0.25) is 14.4 Å². The maximum Gasteiger partial charge on any atom is 0.270 e. The van der Waals surface area contributed by atoms with Gasteiger partial charge in [0, 0.05) is 36.8 Å². The standard InChI is InChI=1S/C28H30N6O3/c1-16(2)11-23(33(4)25(35)22-12-18-10-9-17(3)30-24(18)31-22)26(36)34-15-28(13-19(34)14-29)20-7-5-6-8-21(20)32-27(28)37/h5-10,12,16,19,23H,11,13,15H2,1-4H3,(H,30,31)(H,32,37)/t19-,23-,28-/m0/s1. The zero-order chi connectivity index (χ0) is 26.5. The Morgan fingerprint density at radius 3 is 2.76 bits per heavy atom. The molecule has 37 heavy (non-hydrogen) atoms. The second-order valence-corrected chi connectivity index (χ2v) is 10.5. The Morgan fingerprint density at radius 1 is 1.27 bits per heavy atom. The molecule has 0 aliphatic carbocycles. The van der Waals surface area contributed by atoms with Crippen molar-refractivity contribution in [3.05, 3.63) is 59.4 Å². The average molecular weight is 499 g/mol.